The lowest BCUT2D eigenvalue weighted by Gasteiger charge is -2.13. The van der Waals surface area contributed by atoms with Gasteiger partial charge in [0, 0.05) is 11.1 Å². The van der Waals surface area contributed by atoms with E-state index in [-0.39, 0.29) is 10.8 Å². The molecular formula is C17H18Cl2N2O3S. The van der Waals surface area contributed by atoms with Gasteiger partial charge in [0.15, 0.2) is 11.9 Å². The van der Waals surface area contributed by atoms with Crippen molar-refractivity contribution in [2.24, 2.45) is 0 Å². The Morgan fingerprint density at radius 2 is 2.08 bits per heavy atom. The lowest BCUT2D eigenvalue weighted by atomic mass is 10.1. The van der Waals surface area contributed by atoms with Gasteiger partial charge in [-0.25, -0.2) is 9.78 Å². The lowest BCUT2D eigenvalue weighted by Crippen LogP contribution is -2.30. The molecule has 0 aliphatic carbocycles. The highest BCUT2D eigenvalue weighted by molar-refractivity contribution is 7.14. The molecule has 0 aliphatic heterocycles. The Balaban J connectivity index is 2.00. The Morgan fingerprint density at radius 1 is 1.36 bits per heavy atom. The van der Waals surface area contributed by atoms with Crippen LogP contribution < -0.4 is 5.32 Å². The van der Waals surface area contributed by atoms with E-state index in [2.05, 4.69) is 17.2 Å². The molecule has 0 aromatic carbocycles. The van der Waals surface area contributed by atoms with E-state index in [9.17, 15) is 9.59 Å². The highest BCUT2D eigenvalue weighted by Crippen LogP contribution is 2.25. The fourth-order valence-corrected chi connectivity index (χ4v) is 3.52. The highest BCUT2D eigenvalue weighted by atomic mass is 35.5. The van der Waals surface area contributed by atoms with E-state index in [1.54, 1.807) is 0 Å². The number of pyridine rings is 1. The van der Waals surface area contributed by atoms with Gasteiger partial charge in [-0.05, 0) is 38.0 Å². The van der Waals surface area contributed by atoms with E-state index < -0.39 is 18.0 Å². The number of amides is 1. The van der Waals surface area contributed by atoms with Gasteiger partial charge in [0.1, 0.15) is 4.88 Å². The van der Waals surface area contributed by atoms with E-state index in [1.807, 2.05) is 13.0 Å². The summed E-state index contributed by atoms with van der Waals surface area (Å²) in [6.45, 7) is 5.54. The number of carbonyl (C=O) groups excluding carboxylic acids is 2. The Hall–Kier alpha value is -1.63. The van der Waals surface area contributed by atoms with Gasteiger partial charge in [-0.3, -0.25) is 4.79 Å². The first-order valence-corrected chi connectivity index (χ1v) is 9.31. The second kappa shape index (κ2) is 8.65. The smallest absolute Gasteiger partial charge is 0.349 e. The summed E-state index contributed by atoms with van der Waals surface area (Å²) in [6, 6.07) is 3.29. The molecule has 0 bridgehead atoms. The number of aromatic nitrogens is 1. The number of ether oxygens (including phenoxy) is 1. The van der Waals surface area contributed by atoms with Gasteiger partial charge in [-0.1, -0.05) is 36.5 Å². The summed E-state index contributed by atoms with van der Waals surface area (Å²) in [5.74, 6) is -0.878. The van der Waals surface area contributed by atoms with Crippen LogP contribution in [-0.2, 0) is 16.0 Å². The average molecular weight is 401 g/mol. The molecule has 0 unspecified atom stereocenters. The van der Waals surface area contributed by atoms with Gasteiger partial charge in [0.2, 0.25) is 0 Å². The van der Waals surface area contributed by atoms with Crippen LogP contribution in [0, 0.1) is 6.92 Å². The van der Waals surface area contributed by atoms with Crippen LogP contribution in [0.15, 0.2) is 18.3 Å². The lowest BCUT2D eigenvalue weighted by molar-refractivity contribution is -0.123. The number of hydrogen-bond acceptors (Lipinski definition) is 5. The van der Waals surface area contributed by atoms with Crippen LogP contribution >= 0.6 is 34.5 Å². The number of carbonyl (C=O) groups is 2. The second-order valence-corrected chi connectivity index (χ2v) is 7.56. The maximum atomic E-state index is 12.2. The van der Waals surface area contributed by atoms with E-state index >= 15 is 0 Å². The zero-order valence-electron chi connectivity index (χ0n) is 14.1. The number of esters is 1. The Bertz CT molecular complexity index is 792. The molecule has 2 rings (SSSR count). The fourth-order valence-electron chi connectivity index (χ4n) is 2.13. The van der Waals surface area contributed by atoms with Crippen molar-refractivity contribution < 1.29 is 14.3 Å². The van der Waals surface area contributed by atoms with Gasteiger partial charge in [0.25, 0.3) is 5.91 Å². The number of halogens is 2. The maximum absolute atomic E-state index is 12.2. The molecule has 0 aliphatic rings. The van der Waals surface area contributed by atoms with Crippen molar-refractivity contribution in [1.29, 1.82) is 0 Å². The van der Waals surface area contributed by atoms with Crippen LogP contribution in [0.1, 0.15) is 40.4 Å². The first-order chi connectivity index (χ1) is 11.8. The Kier molecular flexibility index (Phi) is 6.81. The standard InChI is InChI=1S/C17H18Cl2N2O3S/c1-4-5-11-6-14(25-10(11)3)17(23)24-9(2)16(22)21-15-13(19)7-12(18)8-20-15/h6-9H,4-5H2,1-3H3,(H,20,21,22)/t9-/m0/s1. The van der Waals surface area contributed by atoms with E-state index in [0.29, 0.717) is 9.90 Å². The van der Waals surface area contributed by atoms with Gasteiger partial charge in [0.05, 0.1) is 10.0 Å². The Morgan fingerprint density at radius 3 is 2.72 bits per heavy atom. The molecule has 134 valence electrons. The quantitative estimate of drug-likeness (QED) is 0.700. The summed E-state index contributed by atoms with van der Waals surface area (Å²) in [5, 5.41) is 3.08. The molecule has 2 aromatic rings. The van der Waals surface area contributed by atoms with Crippen LogP contribution in [0.3, 0.4) is 0 Å². The highest BCUT2D eigenvalue weighted by Gasteiger charge is 2.22. The molecule has 25 heavy (non-hydrogen) atoms. The third-order valence-corrected chi connectivity index (χ3v) is 5.01. The SMILES string of the molecule is CCCc1cc(C(=O)O[C@@H](C)C(=O)Nc2ncc(Cl)cc2Cl)sc1C. The topological polar surface area (TPSA) is 68.3 Å². The minimum absolute atomic E-state index is 0.163. The van der Waals surface area contributed by atoms with Crippen molar-refractivity contribution >= 4 is 52.2 Å². The number of rotatable bonds is 6. The normalized spacial score (nSPS) is 11.9. The van der Waals surface area contributed by atoms with Crippen molar-refractivity contribution in [2.75, 3.05) is 5.32 Å². The number of aryl methyl sites for hydroxylation is 2. The first-order valence-electron chi connectivity index (χ1n) is 7.74. The van der Waals surface area contributed by atoms with Gasteiger partial charge >= 0.3 is 5.97 Å². The third kappa shape index (κ3) is 5.17. The monoisotopic (exact) mass is 400 g/mol. The molecule has 0 radical (unpaired) electrons. The summed E-state index contributed by atoms with van der Waals surface area (Å²) >= 11 is 13.1. The number of thiophene rings is 1. The average Bonchev–Trinajstić information content (AvgIpc) is 2.91. The largest absolute Gasteiger partial charge is 0.448 e. The predicted molar refractivity (Wildman–Crippen MR) is 101 cm³/mol. The van der Waals surface area contributed by atoms with Crippen LogP contribution in [0.5, 0.6) is 0 Å². The molecular weight excluding hydrogens is 383 g/mol. The second-order valence-electron chi connectivity index (χ2n) is 5.46. The molecule has 1 atom stereocenters. The molecule has 0 fully saturated rings. The molecule has 2 heterocycles. The van der Waals surface area contributed by atoms with E-state index in [0.717, 1.165) is 23.3 Å². The molecule has 1 amide bonds. The molecule has 1 N–H and O–H groups in total. The molecule has 2 aromatic heterocycles. The van der Waals surface area contributed by atoms with Crippen LogP contribution in [0.25, 0.3) is 0 Å². The van der Waals surface area contributed by atoms with Crippen LogP contribution in [0.4, 0.5) is 5.82 Å². The third-order valence-electron chi connectivity index (χ3n) is 3.44. The van der Waals surface area contributed by atoms with E-state index in [1.165, 1.54) is 30.5 Å². The predicted octanol–water partition coefficient (Wildman–Crippen LogP) is 4.89. The summed E-state index contributed by atoms with van der Waals surface area (Å²) in [7, 11) is 0. The fraction of sp³-hybridized carbons (Fsp3) is 0.353. The van der Waals surface area contributed by atoms with Gasteiger partial charge in [-0.2, -0.15) is 0 Å². The number of nitrogens with one attached hydrogen (secondary N) is 1. The van der Waals surface area contributed by atoms with Gasteiger partial charge in [-0.15, -0.1) is 11.3 Å². The molecule has 5 nitrogen and oxygen atoms in total. The molecule has 0 saturated carbocycles. The Labute approximate surface area is 160 Å². The summed E-state index contributed by atoms with van der Waals surface area (Å²) in [6.07, 6.45) is 2.29. The molecule has 8 heteroatoms. The van der Waals surface area contributed by atoms with Crippen molar-refractivity contribution in [3.8, 4) is 0 Å². The number of anilines is 1. The first kappa shape index (κ1) is 19.7. The van der Waals surface area contributed by atoms with Crippen LogP contribution in [0.2, 0.25) is 10.0 Å². The zero-order chi connectivity index (χ0) is 18.6. The number of nitrogens with zero attached hydrogens (tertiary/aromatic N) is 1. The van der Waals surface area contributed by atoms with Crippen LogP contribution in [-0.4, -0.2) is 23.0 Å². The van der Waals surface area contributed by atoms with Crippen molar-refractivity contribution in [3.63, 3.8) is 0 Å². The maximum Gasteiger partial charge on any atom is 0.349 e. The summed E-state index contributed by atoms with van der Waals surface area (Å²) in [5.41, 5.74) is 1.13. The van der Waals surface area contributed by atoms with Gasteiger partial charge < -0.3 is 10.1 Å². The molecule has 0 saturated heterocycles. The summed E-state index contributed by atoms with van der Waals surface area (Å²) in [4.78, 5) is 29.9. The minimum Gasteiger partial charge on any atom is -0.448 e. The minimum atomic E-state index is -0.988. The number of hydrogen-bond donors (Lipinski definition) is 1. The van der Waals surface area contributed by atoms with E-state index in [4.69, 9.17) is 27.9 Å². The van der Waals surface area contributed by atoms with Crippen molar-refractivity contribution in [3.05, 3.63) is 43.7 Å². The molecule has 0 spiro atoms. The van der Waals surface area contributed by atoms with Crippen molar-refractivity contribution in [1.82, 2.24) is 4.98 Å². The summed E-state index contributed by atoms with van der Waals surface area (Å²) < 4.78 is 5.24. The van der Waals surface area contributed by atoms with Crippen molar-refractivity contribution in [2.45, 2.75) is 39.7 Å². The zero-order valence-corrected chi connectivity index (χ0v) is 16.4.